The van der Waals surface area contributed by atoms with Gasteiger partial charge in [0.25, 0.3) is 0 Å². The largest absolute Gasteiger partial charge is 0.377 e. The molecule has 2 heterocycles. The van der Waals surface area contributed by atoms with Crippen LogP contribution in [-0.2, 0) is 0 Å². The highest BCUT2D eigenvalue weighted by atomic mass is 35.5. The number of hydrazine groups is 2. The predicted octanol–water partition coefficient (Wildman–Crippen LogP) is 6.37. The number of hydrogen-bond acceptors (Lipinski definition) is 7. The number of aromatic nitrogens is 1. The van der Waals surface area contributed by atoms with E-state index in [9.17, 15) is 11.0 Å². The van der Waals surface area contributed by atoms with E-state index in [1.54, 1.807) is 24.4 Å². The number of nitrogens with zero attached hydrogens (tertiary/aromatic N) is 3. The molecule has 1 aliphatic heterocycles. The first-order chi connectivity index (χ1) is 18.5. The summed E-state index contributed by atoms with van der Waals surface area (Å²) in [4.78, 5) is 4.49. The summed E-state index contributed by atoms with van der Waals surface area (Å²) in [5.74, 6) is -0.375. The van der Waals surface area contributed by atoms with Crippen LogP contribution >= 0.6 is 11.6 Å². The summed E-state index contributed by atoms with van der Waals surface area (Å²) in [6, 6.07) is 10.7. The van der Waals surface area contributed by atoms with Gasteiger partial charge in [0.05, 0.1) is 34.9 Å². The second kappa shape index (κ2) is 9.04. The van der Waals surface area contributed by atoms with Gasteiger partial charge in [0.2, 0.25) is 0 Å². The number of pyridine rings is 1. The first kappa shape index (κ1) is 23.6. The van der Waals surface area contributed by atoms with Crippen molar-refractivity contribution in [3.8, 4) is 6.07 Å². The highest BCUT2D eigenvalue weighted by molar-refractivity contribution is 6.35. The van der Waals surface area contributed by atoms with Crippen LogP contribution in [0.2, 0.25) is 5.02 Å². The summed E-state index contributed by atoms with van der Waals surface area (Å²) in [7, 11) is 0. The van der Waals surface area contributed by atoms with Crippen LogP contribution in [0.1, 0.15) is 65.0 Å². The molecule has 0 amide bonds. The lowest BCUT2D eigenvalue weighted by atomic mass is 9.83. The molecule has 4 N–H and O–H groups in total. The molecule has 2 saturated carbocycles. The van der Waals surface area contributed by atoms with Crippen LogP contribution in [0.15, 0.2) is 54.5 Å². The second-order valence-corrected chi connectivity index (χ2v) is 11.8. The van der Waals surface area contributed by atoms with Crippen LogP contribution in [-0.4, -0.2) is 21.6 Å². The average molecular weight is 533 g/mol. The molecule has 0 saturated heterocycles. The highest BCUT2D eigenvalue weighted by Gasteiger charge is 2.52. The molecular formula is C29H31ClFN7. The zero-order valence-electron chi connectivity index (χ0n) is 22.6. The maximum atomic E-state index is 13.8. The first-order valence-electron chi connectivity index (χ1n) is 13.4. The second-order valence-electron chi connectivity index (χ2n) is 11.4. The number of hydrogen-bond donors (Lipinski definition) is 4. The molecule has 0 bridgehead atoms. The fourth-order valence-corrected chi connectivity index (χ4v) is 5.31. The van der Waals surface area contributed by atoms with Gasteiger partial charge in [-0.3, -0.25) is 9.99 Å². The Kier molecular flexibility index (Phi) is 5.60. The molecule has 2 fully saturated rings. The van der Waals surface area contributed by atoms with E-state index < -0.39 is 6.02 Å². The zero-order chi connectivity index (χ0) is 27.6. The van der Waals surface area contributed by atoms with Gasteiger partial charge in [-0.2, -0.15) is 5.26 Å². The summed E-state index contributed by atoms with van der Waals surface area (Å²) in [5.41, 5.74) is 9.49. The van der Waals surface area contributed by atoms with Crippen LogP contribution < -0.4 is 21.6 Å². The lowest BCUT2D eigenvalue weighted by molar-refractivity contribution is 0.260. The number of halogens is 2. The Balaban J connectivity index is 1.45. The molecule has 1 unspecified atom stereocenters. The molecule has 7 nitrogen and oxygen atoms in total. The Morgan fingerprint density at radius 3 is 2.63 bits per heavy atom. The Morgan fingerprint density at radius 2 is 2.00 bits per heavy atom. The predicted molar refractivity (Wildman–Crippen MR) is 148 cm³/mol. The van der Waals surface area contributed by atoms with Gasteiger partial charge in [-0.05, 0) is 60.9 Å². The Labute approximate surface area is 228 Å². The third kappa shape index (κ3) is 4.50. The zero-order valence-corrected chi connectivity index (χ0v) is 22.4. The number of rotatable bonds is 7. The van der Waals surface area contributed by atoms with Crippen molar-refractivity contribution in [1.29, 1.82) is 5.26 Å². The van der Waals surface area contributed by atoms with E-state index in [0.717, 1.165) is 25.7 Å². The van der Waals surface area contributed by atoms with E-state index in [2.05, 4.69) is 53.4 Å². The van der Waals surface area contributed by atoms with Gasteiger partial charge in [-0.15, -0.1) is 5.53 Å². The normalized spacial score (nSPS) is 20.2. The Hall–Kier alpha value is -3.54. The minimum atomic E-state index is -1.50. The van der Waals surface area contributed by atoms with Crippen LogP contribution in [0.3, 0.4) is 0 Å². The van der Waals surface area contributed by atoms with Crippen molar-refractivity contribution in [2.45, 2.75) is 64.1 Å². The minimum absolute atomic E-state index is 0.0189. The van der Waals surface area contributed by atoms with Crippen LogP contribution in [0.5, 0.6) is 0 Å². The molecule has 0 spiro atoms. The molecule has 3 aromatic rings. The fraction of sp³-hybridized carbons (Fsp3) is 0.379. The summed E-state index contributed by atoms with van der Waals surface area (Å²) in [6.45, 7) is 6.59. The Bertz CT molecular complexity index is 1520. The van der Waals surface area contributed by atoms with E-state index in [4.69, 9.17) is 11.6 Å². The molecular weight excluding hydrogens is 501 g/mol. The number of anilines is 2. The van der Waals surface area contributed by atoms with E-state index in [-0.39, 0.29) is 16.8 Å². The average Bonchev–Trinajstić information content (AvgIpc) is 3.83. The van der Waals surface area contributed by atoms with Crippen molar-refractivity contribution in [3.05, 3.63) is 76.5 Å². The van der Waals surface area contributed by atoms with E-state index in [0.29, 0.717) is 50.2 Å². The number of benzene rings is 2. The molecule has 0 radical (unpaired) electrons. The van der Waals surface area contributed by atoms with E-state index in [1.807, 2.05) is 17.3 Å². The summed E-state index contributed by atoms with van der Waals surface area (Å²) in [5, 5.41) is 20.0. The van der Waals surface area contributed by atoms with Crippen molar-refractivity contribution in [2.75, 3.05) is 10.6 Å². The van der Waals surface area contributed by atoms with E-state index >= 15 is 0 Å². The highest BCUT2D eigenvalue weighted by Crippen LogP contribution is 2.53. The molecule has 3 aliphatic rings. The molecule has 1 aromatic heterocycles. The lowest BCUT2D eigenvalue weighted by Crippen LogP contribution is -2.38. The summed E-state index contributed by atoms with van der Waals surface area (Å²) >= 11 is 6.76. The molecule has 2 aliphatic carbocycles. The molecule has 38 heavy (non-hydrogen) atoms. The van der Waals surface area contributed by atoms with Gasteiger partial charge in [-0.25, -0.2) is 4.39 Å². The third-order valence-electron chi connectivity index (χ3n) is 7.79. The van der Waals surface area contributed by atoms with Gasteiger partial charge >= 0.3 is 0 Å². The van der Waals surface area contributed by atoms with Crippen molar-refractivity contribution < 1.29 is 5.76 Å². The number of nitrogens with one attached hydrogen (secondary N) is 4. The number of nitriles is 1. The molecule has 1 atom stereocenters. The van der Waals surface area contributed by atoms with Crippen LogP contribution in [0.25, 0.3) is 10.9 Å². The maximum absolute atomic E-state index is 13.8. The van der Waals surface area contributed by atoms with Crippen LogP contribution in [0, 0.1) is 22.6 Å². The lowest BCUT2D eigenvalue weighted by Gasteiger charge is -2.33. The standard InChI is InChI=1S/C29H31ClFN7/c1-28(2,3)29(10-11-29)35-25-18(14-32)15-33-27-22(25)12-20(13-23(27)30)34-26(17-4-6-19(31)7-5-17)24-16-38(37-36-24)21-8-9-21/h4-7,12-13,15-16,21,26,34,36-37H,8-11H2,1-3H3,(H,33,35)/i26D. The summed E-state index contributed by atoms with van der Waals surface area (Å²) < 4.78 is 23.4. The fourth-order valence-electron chi connectivity index (χ4n) is 5.04. The van der Waals surface area contributed by atoms with Gasteiger partial charge in [0, 0.05) is 35.1 Å². The summed E-state index contributed by atoms with van der Waals surface area (Å²) in [6.07, 6.45) is 7.60. The topological polar surface area (TPSA) is 88.0 Å². The smallest absolute Gasteiger partial charge is 0.123 e. The van der Waals surface area contributed by atoms with Crippen LogP contribution in [0.4, 0.5) is 15.8 Å². The van der Waals surface area contributed by atoms with Gasteiger partial charge in [0.1, 0.15) is 11.9 Å². The maximum Gasteiger partial charge on any atom is 0.123 e. The third-order valence-corrected chi connectivity index (χ3v) is 8.08. The molecule has 196 valence electrons. The molecule has 6 rings (SSSR count). The Morgan fingerprint density at radius 1 is 1.26 bits per heavy atom. The first-order valence-corrected chi connectivity index (χ1v) is 13.3. The van der Waals surface area contributed by atoms with Crippen molar-refractivity contribution in [1.82, 2.24) is 21.0 Å². The monoisotopic (exact) mass is 532 g/mol. The van der Waals surface area contributed by atoms with Crippen molar-refractivity contribution in [2.24, 2.45) is 5.41 Å². The van der Waals surface area contributed by atoms with Gasteiger partial charge < -0.3 is 16.1 Å². The quantitative estimate of drug-likeness (QED) is 0.281. The SMILES string of the molecule is [2H]C(Nc1cc(Cl)c2ncc(C#N)c(NC3(C(C)(C)C)CC3)c2c1)(C1=CN(C2CC2)NN1)c1ccc(F)cc1. The van der Waals surface area contributed by atoms with Crippen molar-refractivity contribution >= 4 is 33.9 Å². The van der Waals surface area contributed by atoms with E-state index in [1.165, 1.54) is 12.1 Å². The molecule has 9 heteroatoms. The van der Waals surface area contributed by atoms with Crippen molar-refractivity contribution in [3.63, 3.8) is 0 Å². The number of fused-ring (bicyclic) bond motifs is 1. The van der Waals surface area contributed by atoms with Gasteiger partial charge in [-0.1, -0.05) is 44.5 Å². The minimum Gasteiger partial charge on any atom is -0.377 e. The van der Waals surface area contributed by atoms with Gasteiger partial charge in [0.15, 0.2) is 0 Å². The molecule has 2 aromatic carbocycles.